The summed E-state index contributed by atoms with van der Waals surface area (Å²) in [6.07, 6.45) is 10.1. The van der Waals surface area contributed by atoms with Crippen LogP contribution in [0.5, 0.6) is 0 Å². The first-order chi connectivity index (χ1) is 22.7. The third-order valence-electron chi connectivity index (χ3n) is 9.49. The van der Waals surface area contributed by atoms with Gasteiger partial charge in [0.1, 0.15) is 10.0 Å². The second-order valence-corrected chi connectivity index (χ2v) is 14.5. The Kier molecular flexibility index (Phi) is 8.09. The number of nitrogens with zero attached hydrogens (tertiary/aromatic N) is 4. The average molecular weight is 641 g/mol. The van der Waals surface area contributed by atoms with E-state index in [-0.39, 0.29) is 0 Å². The molecule has 4 nitrogen and oxygen atoms in total. The molecule has 4 aromatic carbocycles. The van der Waals surface area contributed by atoms with Crippen molar-refractivity contribution >= 4 is 75.9 Å². The summed E-state index contributed by atoms with van der Waals surface area (Å²) >= 11 is 3.41. The normalized spacial score (nSPS) is 12.1. The van der Waals surface area contributed by atoms with Crippen molar-refractivity contribution in [1.29, 1.82) is 0 Å². The number of aryl methyl sites for hydroxylation is 2. The first-order valence-electron chi connectivity index (χ1n) is 17.0. The quantitative estimate of drug-likeness (QED) is 0.125. The molecule has 0 N–H and O–H groups in total. The molecule has 6 heteroatoms. The van der Waals surface area contributed by atoms with Crippen LogP contribution in [0.2, 0.25) is 0 Å². The van der Waals surface area contributed by atoms with Crippen molar-refractivity contribution in [3.63, 3.8) is 0 Å². The summed E-state index contributed by atoms with van der Waals surface area (Å²) in [7, 11) is 0. The first-order valence-corrected chi connectivity index (χ1v) is 18.7. The Morgan fingerprint density at radius 2 is 0.913 bits per heavy atom. The van der Waals surface area contributed by atoms with Crippen LogP contribution in [0.3, 0.4) is 0 Å². The second kappa shape index (κ2) is 12.7. The van der Waals surface area contributed by atoms with Crippen molar-refractivity contribution in [3.8, 4) is 21.1 Å². The molecule has 0 aliphatic heterocycles. The van der Waals surface area contributed by atoms with Crippen molar-refractivity contribution in [1.82, 2.24) is 19.1 Å². The van der Waals surface area contributed by atoms with E-state index in [1.807, 2.05) is 0 Å². The standard InChI is InChI=1S/C40H40N4S2/c1-3-5-7-13-23-43-33-17-11-9-15-29(33)31-25-27(19-21-35(31)43)37-41-39-40(45-37)42-38(46-39)28-20-22-36-32(26-28)30-16-10-12-18-34(30)44(36)24-14-8-6-4-2/h9-12,15-22,25-26H,3-8,13-14,23-24H2,1-2H3. The van der Waals surface area contributed by atoms with E-state index in [0.29, 0.717) is 0 Å². The molecule has 8 rings (SSSR count). The summed E-state index contributed by atoms with van der Waals surface area (Å²) in [5.74, 6) is 0. The molecule has 0 atom stereocenters. The fourth-order valence-electron chi connectivity index (χ4n) is 7.14. The van der Waals surface area contributed by atoms with Crippen molar-refractivity contribution < 1.29 is 0 Å². The number of hydrogen-bond acceptors (Lipinski definition) is 4. The molecule has 0 saturated carbocycles. The molecule has 232 valence electrons. The lowest BCUT2D eigenvalue weighted by atomic mass is 10.1. The lowest BCUT2D eigenvalue weighted by Gasteiger charge is -2.07. The smallest absolute Gasteiger partial charge is 0.155 e. The molecule has 4 heterocycles. The van der Waals surface area contributed by atoms with E-state index in [9.17, 15) is 0 Å². The van der Waals surface area contributed by atoms with Gasteiger partial charge in [-0.3, -0.25) is 0 Å². The van der Waals surface area contributed by atoms with E-state index in [4.69, 9.17) is 9.97 Å². The fraction of sp³-hybridized carbons (Fsp3) is 0.300. The van der Waals surface area contributed by atoms with Crippen LogP contribution in [0, 0.1) is 0 Å². The molecule has 46 heavy (non-hydrogen) atoms. The summed E-state index contributed by atoms with van der Waals surface area (Å²) in [5, 5.41) is 7.37. The lowest BCUT2D eigenvalue weighted by Crippen LogP contribution is -1.97. The molecule has 0 radical (unpaired) electrons. The highest BCUT2D eigenvalue weighted by molar-refractivity contribution is 7.29. The first kappa shape index (κ1) is 29.4. The number of aromatic nitrogens is 4. The third-order valence-corrected chi connectivity index (χ3v) is 11.6. The van der Waals surface area contributed by atoms with Crippen molar-refractivity contribution in [2.24, 2.45) is 0 Å². The molecule has 0 unspecified atom stereocenters. The van der Waals surface area contributed by atoms with Gasteiger partial charge in [-0.05, 0) is 61.4 Å². The van der Waals surface area contributed by atoms with Gasteiger partial charge in [-0.15, -0.1) is 0 Å². The molecule has 0 saturated heterocycles. The van der Waals surface area contributed by atoms with Gasteiger partial charge in [0.15, 0.2) is 9.66 Å². The Balaban J connectivity index is 1.11. The maximum absolute atomic E-state index is 5.12. The number of fused-ring (bicyclic) bond motifs is 7. The molecule has 0 aliphatic carbocycles. The van der Waals surface area contributed by atoms with Crippen LogP contribution >= 0.6 is 22.7 Å². The van der Waals surface area contributed by atoms with Gasteiger partial charge < -0.3 is 9.13 Å². The van der Waals surface area contributed by atoms with Crippen LogP contribution in [0.1, 0.15) is 65.2 Å². The summed E-state index contributed by atoms with van der Waals surface area (Å²) in [6.45, 7) is 6.68. The fourth-order valence-corrected chi connectivity index (χ4v) is 9.17. The van der Waals surface area contributed by atoms with Gasteiger partial charge >= 0.3 is 0 Å². The molecule has 8 aromatic rings. The Morgan fingerprint density at radius 3 is 1.37 bits per heavy atom. The zero-order valence-corrected chi connectivity index (χ0v) is 28.4. The minimum Gasteiger partial charge on any atom is -0.340 e. The maximum Gasteiger partial charge on any atom is 0.155 e. The van der Waals surface area contributed by atoms with Crippen LogP contribution in [-0.2, 0) is 13.1 Å². The Morgan fingerprint density at radius 1 is 0.478 bits per heavy atom. The monoisotopic (exact) mass is 640 g/mol. The summed E-state index contributed by atoms with van der Waals surface area (Å²) in [4.78, 5) is 12.3. The van der Waals surface area contributed by atoms with Crippen LogP contribution in [-0.4, -0.2) is 19.1 Å². The number of rotatable bonds is 12. The molecule has 0 aliphatic rings. The van der Waals surface area contributed by atoms with Crippen LogP contribution < -0.4 is 0 Å². The summed E-state index contributed by atoms with van der Waals surface area (Å²) < 4.78 is 5.03. The Bertz CT molecular complexity index is 2120. The van der Waals surface area contributed by atoms with Crippen LogP contribution in [0.25, 0.3) is 74.4 Å². The van der Waals surface area contributed by atoms with Gasteiger partial charge in [0.2, 0.25) is 0 Å². The Labute approximate surface area is 278 Å². The molecule has 0 amide bonds. The molecular weight excluding hydrogens is 601 g/mol. The summed E-state index contributed by atoms with van der Waals surface area (Å²) in [5.41, 5.74) is 7.64. The minimum atomic E-state index is 1.02. The van der Waals surface area contributed by atoms with E-state index in [2.05, 4.69) is 108 Å². The van der Waals surface area contributed by atoms with Crippen LogP contribution in [0.4, 0.5) is 0 Å². The molecule has 0 fully saturated rings. The van der Waals surface area contributed by atoms with Crippen molar-refractivity contribution in [2.45, 2.75) is 78.3 Å². The van der Waals surface area contributed by atoms with Gasteiger partial charge in [-0.1, -0.05) is 111 Å². The van der Waals surface area contributed by atoms with Crippen molar-refractivity contribution in [2.75, 3.05) is 0 Å². The predicted molar refractivity (Wildman–Crippen MR) is 200 cm³/mol. The van der Waals surface area contributed by atoms with E-state index in [1.54, 1.807) is 22.7 Å². The zero-order chi connectivity index (χ0) is 31.0. The van der Waals surface area contributed by atoms with Gasteiger partial charge in [0.25, 0.3) is 0 Å². The highest BCUT2D eigenvalue weighted by atomic mass is 32.1. The predicted octanol–water partition coefficient (Wildman–Crippen LogP) is 12.5. The highest BCUT2D eigenvalue weighted by Gasteiger charge is 2.17. The number of unbranched alkanes of at least 4 members (excludes halogenated alkanes) is 6. The zero-order valence-electron chi connectivity index (χ0n) is 26.8. The van der Waals surface area contributed by atoms with Gasteiger partial charge in [-0.2, -0.15) is 0 Å². The van der Waals surface area contributed by atoms with E-state index < -0.39 is 0 Å². The van der Waals surface area contributed by atoms with Gasteiger partial charge in [0, 0.05) is 67.8 Å². The number of para-hydroxylation sites is 2. The van der Waals surface area contributed by atoms with E-state index in [0.717, 1.165) is 32.8 Å². The van der Waals surface area contributed by atoms with Crippen LogP contribution in [0.15, 0.2) is 84.9 Å². The molecular formula is C40H40N4S2. The SMILES string of the molecule is CCCCCCn1c2ccccc2c2cc(-c3nc4sc(-c5ccc6c(c5)c5ccccc5n6CCCCCC)nc4s3)ccc21. The van der Waals surface area contributed by atoms with E-state index in [1.165, 1.54) is 106 Å². The third kappa shape index (κ3) is 5.22. The molecule has 0 spiro atoms. The average Bonchev–Trinajstić information content (AvgIpc) is 3.84. The molecule has 4 aromatic heterocycles. The van der Waals surface area contributed by atoms with Crippen molar-refractivity contribution in [3.05, 3.63) is 84.9 Å². The second-order valence-electron chi connectivity index (χ2n) is 12.6. The number of thiazole rings is 2. The lowest BCUT2D eigenvalue weighted by molar-refractivity contribution is 0.602. The van der Waals surface area contributed by atoms with Gasteiger partial charge in [-0.25, -0.2) is 9.97 Å². The largest absolute Gasteiger partial charge is 0.340 e. The number of benzene rings is 4. The number of hydrogen-bond donors (Lipinski definition) is 0. The molecule has 0 bridgehead atoms. The Hall–Kier alpha value is -4.00. The van der Waals surface area contributed by atoms with E-state index >= 15 is 0 Å². The highest BCUT2D eigenvalue weighted by Crippen LogP contribution is 2.40. The van der Waals surface area contributed by atoms with Gasteiger partial charge in [0.05, 0.1) is 0 Å². The minimum absolute atomic E-state index is 1.02. The maximum atomic E-state index is 5.12. The topological polar surface area (TPSA) is 35.6 Å². The summed E-state index contributed by atoms with van der Waals surface area (Å²) in [6, 6.07) is 31.5.